The molecule has 10 heteroatoms. The highest BCUT2D eigenvalue weighted by Crippen LogP contribution is 2.40. The molecule has 0 unspecified atom stereocenters. The van der Waals surface area contributed by atoms with Gasteiger partial charge in [-0.2, -0.15) is 0 Å². The second-order valence-electron chi connectivity index (χ2n) is 7.06. The molecule has 4 rings (SSSR count). The summed E-state index contributed by atoms with van der Waals surface area (Å²) in [6.07, 6.45) is 1.64. The van der Waals surface area contributed by atoms with E-state index in [1.54, 1.807) is 54.6 Å². The molecule has 0 bridgehead atoms. The molecule has 0 saturated carbocycles. The number of nitrogens with zero attached hydrogens (tertiary/aromatic N) is 1. The maximum absolute atomic E-state index is 12.9. The highest BCUT2D eigenvalue weighted by molar-refractivity contribution is 9.10. The van der Waals surface area contributed by atoms with Gasteiger partial charge in [0.05, 0.1) is 32.2 Å². The number of amides is 2. The van der Waals surface area contributed by atoms with Gasteiger partial charge in [-0.05, 0) is 93.4 Å². The van der Waals surface area contributed by atoms with Crippen molar-refractivity contribution >= 4 is 85.4 Å². The molecule has 5 nitrogen and oxygen atoms in total. The summed E-state index contributed by atoms with van der Waals surface area (Å²) in [5.41, 5.74) is 1.95. The lowest BCUT2D eigenvalue weighted by Gasteiger charge is -2.14. The molecular weight excluding hydrogens is 585 g/mol. The zero-order valence-electron chi connectivity index (χ0n) is 17.5. The number of carbonyl (C=O) groups is 2. The molecule has 1 aliphatic heterocycles. The molecule has 1 heterocycles. The largest absolute Gasteiger partial charge is 0.493 e. The van der Waals surface area contributed by atoms with Gasteiger partial charge in [-0.1, -0.05) is 40.9 Å². The van der Waals surface area contributed by atoms with Gasteiger partial charge in [0, 0.05) is 5.02 Å². The van der Waals surface area contributed by atoms with Crippen LogP contribution in [0.2, 0.25) is 15.1 Å². The molecule has 0 aliphatic carbocycles. The van der Waals surface area contributed by atoms with Crippen molar-refractivity contribution in [3.8, 4) is 11.5 Å². The van der Waals surface area contributed by atoms with Gasteiger partial charge in [0.1, 0.15) is 6.61 Å². The standard InChI is InChI=1S/C24H15BrCl3NO4S/c1-32-20-10-14(8-17(25)22(20)33-12-13-2-7-18(27)19(28)9-13)11-21-23(30)29(24(31)34-21)16-5-3-15(26)4-6-16/h2-11H,12H2,1H3/b21-11+. The van der Waals surface area contributed by atoms with Gasteiger partial charge in [-0.3, -0.25) is 9.59 Å². The minimum Gasteiger partial charge on any atom is -0.493 e. The van der Waals surface area contributed by atoms with E-state index in [2.05, 4.69) is 15.9 Å². The fraction of sp³-hybridized carbons (Fsp3) is 0.0833. The molecule has 3 aromatic carbocycles. The lowest BCUT2D eigenvalue weighted by Crippen LogP contribution is -2.27. The van der Waals surface area contributed by atoms with Crippen LogP contribution in [0.1, 0.15) is 11.1 Å². The summed E-state index contributed by atoms with van der Waals surface area (Å²) in [5, 5.41) is 1.04. The molecule has 0 radical (unpaired) electrons. The number of rotatable bonds is 6. The van der Waals surface area contributed by atoms with Crippen LogP contribution in [-0.4, -0.2) is 18.3 Å². The van der Waals surface area contributed by atoms with Crippen LogP contribution < -0.4 is 14.4 Å². The summed E-state index contributed by atoms with van der Waals surface area (Å²) in [4.78, 5) is 26.8. The second-order valence-corrected chi connectivity index (χ2v) is 10.2. The maximum Gasteiger partial charge on any atom is 0.298 e. The molecule has 0 spiro atoms. The van der Waals surface area contributed by atoms with Gasteiger partial charge in [0.2, 0.25) is 0 Å². The van der Waals surface area contributed by atoms with E-state index in [1.165, 1.54) is 7.11 Å². The first-order chi connectivity index (χ1) is 16.3. The maximum atomic E-state index is 12.9. The van der Waals surface area contributed by atoms with Crippen LogP contribution in [0.25, 0.3) is 6.08 Å². The molecule has 34 heavy (non-hydrogen) atoms. The summed E-state index contributed by atoms with van der Waals surface area (Å²) < 4.78 is 12.1. The zero-order chi connectivity index (χ0) is 24.4. The predicted octanol–water partition coefficient (Wildman–Crippen LogP) is 8.24. The van der Waals surface area contributed by atoms with Crippen molar-refractivity contribution in [3.63, 3.8) is 0 Å². The highest BCUT2D eigenvalue weighted by Gasteiger charge is 2.36. The summed E-state index contributed by atoms with van der Waals surface area (Å²) in [7, 11) is 1.52. The number of halogens is 4. The first kappa shape index (κ1) is 24.9. The van der Waals surface area contributed by atoms with Crippen molar-refractivity contribution in [2.24, 2.45) is 0 Å². The second kappa shape index (κ2) is 10.6. The average molecular weight is 600 g/mol. The van der Waals surface area contributed by atoms with Crippen LogP contribution in [0.3, 0.4) is 0 Å². The number of benzene rings is 3. The summed E-state index contributed by atoms with van der Waals surface area (Å²) in [6.45, 7) is 0.241. The summed E-state index contributed by atoms with van der Waals surface area (Å²) in [6, 6.07) is 15.3. The lowest BCUT2D eigenvalue weighted by molar-refractivity contribution is -0.113. The molecule has 1 fully saturated rings. The molecule has 0 aromatic heterocycles. The third kappa shape index (κ3) is 5.39. The Morgan fingerprint density at radius 3 is 2.41 bits per heavy atom. The lowest BCUT2D eigenvalue weighted by atomic mass is 10.1. The molecule has 2 amide bonds. The number of thioether (sulfide) groups is 1. The molecule has 0 N–H and O–H groups in total. The number of hydrogen-bond acceptors (Lipinski definition) is 5. The Balaban J connectivity index is 1.57. The van der Waals surface area contributed by atoms with Gasteiger partial charge in [0.25, 0.3) is 11.1 Å². The zero-order valence-corrected chi connectivity index (χ0v) is 22.2. The van der Waals surface area contributed by atoms with Crippen LogP contribution in [0, 0.1) is 0 Å². The Morgan fingerprint density at radius 2 is 1.74 bits per heavy atom. The summed E-state index contributed by atoms with van der Waals surface area (Å²) in [5.74, 6) is 0.532. The SMILES string of the molecule is COc1cc(/C=C2/SC(=O)N(c3ccc(Cl)cc3)C2=O)cc(Br)c1OCc1ccc(Cl)c(Cl)c1. The van der Waals surface area contributed by atoms with E-state index >= 15 is 0 Å². The van der Waals surface area contributed by atoms with Crippen molar-refractivity contribution in [3.05, 3.63) is 90.2 Å². The normalized spacial score (nSPS) is 14.7. The third-order valence-corrected chi connectivity index (χ3v) is 7.24. The first-order valence-electron chi connectivity index (χ1n) is 9.74. The Bertz CT molecular complexity index is 1310. The van der Waals surface area contributed by atoms with E-state index in [0.717, 1.165) is 22.2 Å². The quantitative estimate of drug-likeness (QED) is 0.267. The van der Waals surface area contributed by atoms with Crippen molar-refractivity contribution in [2.75, 3.05) is 12.0 Å². The van der Waals surface area contributed by atoms with Crippen LogP contribution in [-0.2, 0) is 11.4 Å². The monoisotopic (exact) mass is 597 g/mol. The molecule has 174 valence electrons. The van der Waals surface area contributed by atoms with Crippen LogP contribution in [0.4, 0.5) is 10.5 Å². The Kier molecular flexibility index (Phi) is 7.80. The van der Waals surface area contributed by atoms with E-state index in [4.69, 9.17) is 44.3 Å². The summed E-state index contributed by atoms with van der Waals surface area (Å²) >= 11 is 22.3. The van der Waals surface area contributed by atoms with E-state index in [9.17, 15) is 9.59 Å². The van der Waals surface area contributed by atoms with Crippen molar-refractivity contribution in [1.82, 2.24) is 0 Å². The minimum absolute atomic E-state index is 0.241. The van der Waals surface area contributed by atoms with E-state index in [-0.39, 0.29) is 11.8 Å². The van der Waals surface area contributed by atoms with Gasteiger partial charge < -0.3 is 9.47 Å². The third-order valence-electron chi connectivity index (χ3n) is 4.80. The number of ether oxygens (including phenoxy) is 2. The smallest absolute Gasteiger partial charge is 0.298 e. The number of hydrogen-bond donors (Lipinski definition) is 0. The van der Waals surface area contributed by atoms with Crippen LogP contribution in [0.5, 0.6) is 11.5 Å². The van der Waals surface area contributed by atoms with E-state index < -0.39 is 5.91 Å². The number of methoxy groups -OCH3 is 1. The van der Waals surface area contributed by atoms with Crippen molar-refractivity contribution < 1.29 is 19.1 Å². The van der Waals surface area contributed by atoms with Crippen LogP contribution in [0.15, 0.2) is 64.0 Å². The number of anilines is 1. The molecule has 1 saturated heterocycles. The molecule has 3 aromatic rings. The van der Waals surface area contributed by atoms with E-state index in [1.807, 2.05) is 6.07 Å². The van der Waals surface area contributed by atoms with Gasteiger partial charge in [-0.15, -0.1) is 0 Å². The fourth-order valence-electron chi connectivity index (χ4n) is 3.18. The topological polar surface area (TPSA) is 55.8 Å². The van der Waals surface area contributed by atoms with Crippen molar-refractivity contribution in [2.45, 2.75) is 6.61 Å². The Labute approximate surface area is 223 Å². The molecule has 1 aliphatic rings. The van der Waals surface area contributed by atoms with Crippen molar-refractivity contribution in [1.29, 1.82) is 0 Å². The highest BCUT2D eigenvalue weighted by atomic mass is 79.9. The predicted molar refractivity (Wildman–Crippen MR) is 141 cm³/mol. The van der Waals surface area contributed by atoms with E-state index in [0.29, 0.717) is 47.2 Å². The fourth-order valence-corrected chi connectivity index (χ4v) is 5.04. The van der Waals surface area contributed by atoms with Gasteiger partial charge in [0.15, 0.2) is 11.5 Å². The average Bonchev–Trinajstić information content (AvgIpc) is 3.08. The number of carbonyl (C=O) groups excluding carboxylic acids is 2. The first-order valence-corrected chi connectivity index (χ1v) is 12.5. The minimum atomic E-state index is -0.410. The molecular formula is C24H15BrCl3NO4S. The van der Waals surface area contributed by atoms with Gasteiger partial charge in [-0.25, -0.2) is 4.90 Å². The Hall–Kier alpha value is -2.16. The number of imide groups is 1. The van der Waals surface area contributed by atoms with Crippen LogP contribution >= 0.6 is 62.5 Å². The Morgan fingerprint density at radius 1 is 1.00 bits per heavy atom. The van der Waals surface area contributed by atoms with Gasteiger partial charge >= 0.3 is 0 Å². The molecule has 0 atom stereocenters.